The molecule has 1 aliphatic rings. The minimum absolute atomic E-state index is 0.109. The number of carboxylic acid groups (broad SMARTS) is 1. The molecular weight excluding hydrogens is 557 g/mol. The van der Waals surface area contributed by atoms with Crippen LogP contribution in [0, 0.1) is 32.5 Å². The number of carboxylic acids is 1. The van der Waals surface area contributed by atoms with Gasteiger partial charge in [-0.05, 0) is 141 Å². The molecular formula is C36H46FN3O4. The largest absolute Gasteiger partial charge is 0.481 e. The molecule has 3 aromatic rings. The molecule has 2 atom stereocenters. The Bertz CT molecular complexity index is 1580. The molecule has 0 fully saturated rings. The summed E-state index contributed by atoms with van der Waals surface area (Å²) in [6.45, 7) is 10.5. The van der Waals surface area contributed by atoms with Crippen molar-refractivity contribution < 1.29 is 19.1 Å². The van der Waals surface area contributed by atoms with Gasteiger partial charge < -0.3 is 19.9 Å². The van der Waals surface area contributed by atoms with Crippen molar-refractivity contribution in [3.05, 3.63) is 91.6 Å². The molecule has 1 heterocycles. The van der Waals surface area contributed by atoms with Crippen molar-refractivity contribution in [3.63, 3.8) is 0 Å². The first-order chi connectivity index (χ1) is 20.7. The summed E-state index contributed by atoms with van der Waals surface area (Å²) in [7, 11) is 3.98. The second kappa shape index (κ2) is 13.9. The van der Waals surface area contributed by atoms with Gasteiger partial charge in [-0.15, -0.1) is 0 Å². The number of nitrogens with one attached hydrogen (secondary N) is 1. The van der Waals surface area contributed by atoms with E-state index in [0.29, 0.717) is 12.0 Å². The average Bonchev–Trinajstić information content (AvgIpc) is 3.39. The lowest BCUT2D eigenvalue weighted by atomic mass is 9.87. The highest BCUT2D eigenvalue weighted by molar-refractivity contribution is 5.82. The van der Waals surface area contributed by atoms with Crippen LogP contribution in [-0.2, 0) is 28.9 Å². The molecule has 0 spiro atoms. The summed E-state index contributed by atoms with van der Waals surface area (Å²) in [6, 6.07) is 7.01. The lowest BCUT2D eigenvalue weighted by molar-refractivity contribution is -0.138. The predicted octanol–water partition coefficient (Wildman–Crippen LogP) is 6.09. The highest BCUT2D eigenvalue weighted by Crippen LogP contribution is 2.39. The number of likely N-dealkylation sites (N-methyl/N-ethyl adjacent to an activating group) is 1. The zero-order chi connectivity index (χ0) is 32.3. The third-order valence-corrected chi connectivity index (χ3v) is 8.66. The number of carbonyl (C=O) groups is 2. The van der Waals surface area contributed by atoms with Gasteiger partial charge in [0.25, 0.3) is 5.56 Å². The second-order valence-electron chi connectivity index (χ2n) is 13.1. The minimum Gasteiger partial charge on any atom is -0.481 e. The van der Waals surface area contributed by atoms with E-state index in [0.717, 1.165) is 71.2 Å². The van der Waals surface area contributed by atoms with E-state index in [4.69, 9.17) is 0 Å². The Morgan fingerprint density at radius 2 is 1.70 bits per heavy atom. The number of pyridine rings is 1. The molecule has 7 nitrogen and oxygen atoms in total. The van der Waals surface area contributed by atoms with Crippen molar-refractivity contribution in [1.82, 2.24) is 14.8 Å². The summed E-state index contributed by atoms with van der Waals surface area (Å²) in [5.74, 6) is -1.60. The second-order valence-corrected chi connectivity index (χ2v) is 13.1. The highest BCUT2D eigenvalue weighted by atomic mass is 19.1. The topological polar surface area (TPSA) is 91.6 Å². The number of aliphatic carboxylic acids is 1. The van der Waals surface area contributed by atoms with Gasteiger partial charge in [0.15, 0.2) is 0 Å². The number of aryl methyl sites for hydroxylation is 4. The first-order valence-corrected chi connectivity index (χ1v) is 15.6. The van der Waals surface area contributed by atoms with E-state index < -0.39 is 18.1 Å². The number of amides is 1. The number of nitrogens with zero attached hydrogens (tertiary/aromatic N) is 2. The SMILES string of the molecule is Cc1cc(=O)n([C@@H](CC(C)C)C(=O)N[C@H](CC(=O)O)c2cc3c(c(-c4c(C)cc(F)cc4C)c2)CCC3)cc1CCN(C)C. The van der Waals surface area contributed by atoms with Gasteiger partial charge in [0, 0.05) is 18.8 Å². The summed E-state index contributed by atoms with van der Waals surface area (Å²) in [5, 5.41) is 13.0. The number of rotatable bonds is 12. The summed E-state index contributed by atoms with van der Waals surface area (Å²) in [4.78, 5) is 41.5. The monoisotopic (exact) mass is 603 g/mol. The van der Waals surface area contributed by atoms with Crippen LogP contribution in [0.25, 0.3) is 11.1 Å². The number of aromatic nitrogens is 1. The molecule has 236 valence electrons. The predicted molar refractivity (Wildman–Crippen MR) is 173 cm³/mol. The van der Waals surface area contributed by atoms with E-state index in [2.05, 4.69) is 10.2 Å². The van der Waals surface area contributed by atoms with Crippen molar-refractivity contribution in [2.24, 2.45) is 5.92 Å². The number of carbonyl (C=O) groups excluding carboxylic acids is 1. The van der Waals surface area contributed by atoms with Crippen molar-refractivity contribution in [2.45, 2.75) is 85.2 Å². The summed E-state index contributed by atoms with van der Waals surface area (Å²) < 4.78 is 15.7. The third-order valence-electron chi connectivity index (χ3n) is 8.66. The Hall–Kier alpha value is -3.78. The Morgan fingerprint density at radius 1 is 1.02 bits per heavy atom. The Labute approximate surface area is 260 Å². The van der Waals surface area contributed by atoms with Gasteiger partial charge in [-0.2, -0.15) is 0 Å². The van der Waals surface area contributed by atoms with Crippen LogP contribution >= 0.6 is 0 Å². The molecule has 44 heavy (non-hydrogen) atoms. The molecule has 0 aliphatic heterocycles. The Morgan fingerprint density at radius 3 is 2.32 bits per heavy atom. The van der Waals surface area contributed by atoms with E-state index in [1.807, 2.05) is 60.8 Å². The van der Waals surface area contributed by atoms with E-state index in [9.17, 15) is 23.9 Å². The van der Waals surface area contributed by atoms with Crippen molar-refractivity contribution in [3.8, 4) is 11.1 Å². The van der Waals surface area contributed by atoms with Crippen LogP contribution in [-0.4, -0.2) is 47.1 Å². The minimum atomic E-state index is -1.04. The van der Waals surface area contributed by atoms with Gasteiger partial charge in [0.1, 0.15) is 11.9 Å². The van der Waals surface area contributed by atoms with E-state index >= 15 is 0 Å². The van der Waals surface area contributed by atoms with Gasteiger partial charge in [-0.1, -0.05) is 19.9 Å². The van der Waals surface area contributed by atoms with Crippen LogP contribution < -0.4 is 10.9 Å². The Balaban J connectivity index is 1.77. The first kappa shape index (κ1) is 33.1. The zero-order valence-electron chi connectivity index (χ0n) is 27.1. The van der Waals surface area contributed by atoms with Crippen LogP contribution in [0.4, 0.5) is 4.39 Å². The number of hydrogen-bond donors (Lipinski definition) is 2. The molecule has 8 heteroatoms. The third kappa shape index (κ3) is 7.65. The highest BCUT2D eigenvalue weighted by Gasteiger charge is 2.29. The lowest BCUT2D eigenvalue weighted by Gasteiger charge is -2.27. The van der Waals surface area contributed by atoms with Crippen molar-refractivity contribution in [2.75, 3.05) is 20.6 Å². The Kier molecular flexibility index (Phi) is 10.5. The first-order valence-electron chi connectivity index (χ1n) is 15.6. The molecule has 2 N–H and O–H groups in total. The molecule has 1 amide bonds. The standard InChI is InChI=1S/C36H46FN3O4/c1-21(2)13-32(40-20-26(11-12-39(6)7)22(3)16-33(40)41)36(44)38-31(19-34(42)43)27-17-25-9-8-10-29(25)30(18-27)35-23(4)14-28(37)15-24(35)5/h14-18,20-21,31-32H,8-13,19H2,1-7H3,(H,38,44)(H,42,43)/t31-,32+/m1/s1. The van der Waals surface area contributed by atoms with Gasteiger partial charge in [0.05, 0.1) is 12.5 Å². The fourth-order valence-corrected chi connectivity index (χ4v) is 6.51. The molecule has 0 saturated carbocycles. The molecule has 0 radical (unpaired) electrons. The lowest BCUT2D eigenvalue weighted by Crippen LogP contribution is -2.40. The maximum atomic E-state index is 14.2. The van der Waals surface area contributed by atoms with Crippen LogP contribution in [0.15, 0.2) is 41.3 Å². The molecule has 0 unspecified atom stereocenters. The van der Waals surface area contributed by atoms with Gasteiger partial charge in [-0.3, -0.25) is 14.4 Å². The van der Waals surface area contributed by atoms with Crippen LogP contribution in [0.1, 0.15) is 84.1 Å². The van der Waals surface area contributed by atoms with Gasteiger partial charge in [-0.25, -0.2) is 4.39 Å². The van der Waals surface area contributed by atoms with Gasteiger partial charge in [0.2, 0.25) is 5.91 Å². The normalized spacial score (nSPS) is 14.1. The molecule has 1 aromatic heterocycles. The van der Waals surface area contributed by atoms with E-state index in [1.165, 1.54) is 22.3 Å². The van der Waals surface area contributed by atoms with Crippen LogP contribution in [0.3, 0.4) is 0 Å². The fraction of sp³-hybridized carbons (Fsp3) is 0.472. The molecule has 0 bridgehead atoms. The maximum absolute atomic E-state index is 14.2. The summed E-state index contributed by atoms with van der Waals surface area (Å²) >= 11 is 0. The average molecular weight is 604 g/mol. The molecule has 2 aromatic carbocycles. The number of halogens is 1. The van der Waals surface area contributed by atoms with Crippen molar-refractivity contribution in [1.29, 1.82) is 0 Å². The molecule has 0 saturated heterocycles. The smallest absolute Gasteiger partial charge is 0.305 e. The molecule has 1 aliphatic carbocycles. The van der Waals surface area contributed by atoms with Crippen LogP contribution in [0.2, 0.25) is 0 Å². The summed E-state index contributed by atoms with van der Waals surface area (Å²) in [6.07, 6.45) is 5.37. The quantitative estimate of drug-likeness (QED) is 0.261. The van der Waals surface area contributed by atoms with E-state index in [1.54, 1.807) is 12.3 Å². The number of fused-ring (bicyclic) bond motifs is 1. The molecule has 4 rings (SSSR count). The van der Waals surface area contributed by atoms with Crippen LogP contribution in [0.5, 0.6) is 0 Å². The maximum Gasteiger partial charge on any atom is 0.305 e. The fourth-order valence-electron chi connectivity index (χ4n) is 6.51. The summed E-state index contributed by atoms with van der Waals surface area (Å²) in [5.41, 5.74) is 8.19. The van der Waals surface area contributed by atoms with E-state index in [-0.39, 0.29) is 29.6 Å². The zero-order valence-corrected chi connectivity index (χ0v) is 27.1. The van der Waals surface area contributed by atoms with Gasteiger partial charge >= 0.3 is 5.97 Å². The number of hydrogen-bond acceptors (Lipinski definition) is 4. The number of benzene rings is 2. The van der Waals surface area contributed by atoms with Crippen molar-refractivity contribution >= 4 is 11.9 Å².